The predicted octanol–water partition coefficient (Wildman–Crippen LogP) is 4.32. The maximum atomic E-state index is 12.8. The smallest absolute Gasteiger partial charge is 0.318 e. The van der Waals surface area contributed by atoms with Crippen molar-refractivity contribution >= 4 is 23.3 Å². The van der Waals surface area contributed by atoms with Gasteiger partial charge in [0.1, 0.15) is 0 Å². The van der Waals surface area contributed by atoms with Crippen molar-refractivity contribution in [1.82, 2.24) is 10.2 Å². The molecular formula is C22H32N4O3. The number of hydrogen-bond acceptors (Lipinski definition) is 4. The van der Waals surface area contributed by atoms with Gasteiger partial charge in [-0.15, -0.1) is 0 Å². The van der Waals surface area contributed by atoms with Crippen molar-refractivity contribution in [1.29, 1.82) is 0 Å². The summed E-state index contributed by atoms with van der Waals surface area (Å²) >= 11 is 0. The van der Waals surface area contributed by atoms with E-state index in [-0.39, 0.29) is 23.2 Å². The van der Waals surface area contributed by atoms with Gasteiger partial charge in [-0.1, -0.05) is 6.92 Å². The average Bonchev–Trinajstić information content (AvgIpc) is 3.14. The minimum Gasteiger partial charge on any atom is -0.459 e. The fraction of sp³-hybridized carbons (Fsp3) is 0.455. The lowest BCUT2D eigenvalue weighted by molar-refractivity contribution is 0.0996. The molecule has 0 bridgehead atoms. The number of urea groups is 1. The number of carbonyl (C=O) groups excluding carboxylic acids is 2. The first-order chi connectivity index (χ1) is 13.6. The third-order valence-electron chi connectivity index (χ3n) is 4.19. The molecule has 3 amide bonds. The number of hydrogen-bond donors (Lipinski definition) is 2. The Balaban J connectivity index is 2.27. The lowest BCUT2D eigenvalue weighted by atomic mass is 10.1. The molecule has 2 rings (SSSR count). The van der Waals surface area contributed by atoms with Gasteiger partial charge >= 0.3 is 6.03 Å². The number of benzene rings is 1. The van der Waals surface area contributed by atoms with Crippen LogP contribution < -0.4 is 15.5 Å². The van der Waals surface area contributed by atoms with E-state index in [1.54, 1.807) is 17.0 Å². The maximum Gasteiger partial charge on any atom is 0.318 e. The van der Waals surface area contributed by atoms with E-state index in [1.807, 2.05) is 64.9 Å². The summed E-state index contributed by atoms with van der Waals surface area (Å²) in [6, 6.07) is 8.88. The minimum absolute atomic E-state index is 0.103. The topological polar surface area (TPSA) is 77.8 Å². The van der Waals surface area contributed by atoms with Gasteiger partial charge in [0, 0.05) is 44.1 Å². The molecule has 0 aliphatic rings. The number of nitrogens with zero attached hydrogens (tertiary/aromatic N) is 2. The van der Waals surface area contributed by atoms with E-state index in [0.29, 0.717) is 18.8 Å². The molecule has 7 heteroatoms. The SMILES string of the molecule is CCCN(Cc1cc(NC(=O)c2ccco2)ccc1N(C)C)C(=O)NC(C)(C)C. The second-order valence-corrected chi connectivity index (χ2v) is 8.27. The van der Waals surface area contributed by atoms with Gasteiger partial charge in [0.15, 0.2) is 5.76 Å². The molecule has 0 saturated carbocycles. The Bertz CT molecular complexity index is 823. The Kier molecular flexibility index (Phi) is 7.31. The first kappa shape index (κ1) is 22.3. The summed E-state index contributed by atoms with van der Waals surface area (Å²) in [5.41, 5.74) is 2.28. The van der Waals surface area contributed by atoms with Gasteiger partial charge in [0.2, 0.25) is 0 Å². The van der Waals surface area contributed by atoms with E-state index >= 15 is 0 Å². The fourth-order valence-corrected chi connectivity index (χ4v) is 2.95. The molecule has 1 aromatic heterocycles. The van der Waals surface area contributed by atoms with E-state index in [1.165, 1.54) is 6.26 Å². The van der Waals surface area contributed by atoms with Crippen LogP contribution in [-0.2, 0) is 6.54 Å². The minimum atomic E-state index is -0.313. The fourth-order valence-electron chi connectivity index (χ4n) is 2.95. The van der Waals surface area contributed by atoms with Crippen LogP contribution in [-0.4, -0.2) is 43.0 Å². The molecule has 7 nitrogen and oxygen atoms in total. The van der Waals surface area contributed by atoms with Crippen LogP contribution in [0, 0.1) is 0 Å². The maximum absolute atomic E-state index is 12.8. The first-order valence-electron chi connectivity index (χ1n) is 9.83. The molecule has 0 fully saturated rings. The molecule has 0 spiro atoms. The Morgan fingerprint density at radius 1 is 1.14 bits per heavy atom. The number of nitrogens with one attached hydrogen (secondary N) is 2. The zero-order chi connectivity index (χ0) is 21.6. The molecule has 0 radical (unpaired) electrons. The van der Waals surface area contributed by atoms with Gasteiger partial charge in [-0.3, -0.25) is 4.79 Å². The van der Waals surface area contributed by atoms with Crippen molar-refractivity contribution in [3.05, 3.63) is 47.9 Å². The van der Waals surface area contributed by atoms with Gasteiger partial charge in [0.25, 0.3) is 5.91 Å². The molecule has 158 valence electrons. The van der Waals surface area contributed by atoms with Gasteiger partial charge in [-0.2, -0.15) is 0 Å². The van der Waals surface area contributed by atoms with Gasteiger partial charge in [0.05, 0.1) is 6.26 Å². The molecular weight excluding hydrogens is 368 g/mol. The van der Waals surface area contributed by atoms with Gasteiger partial charge in [-0.25, -0.2) is 4.79 Å². The third kappa shape index (κ3) is 6.55. The summed E-state index contributed by atoms with van der Waals surface area (Å²) in [6.45, 7) is 9.01. The lowest BCUT2D eigenvalue weighted by Crippen LogP contribution is -2.48. The van der Waals surface area contributed by atoms with Crippen LogP contribution in [0.3, 0.4) is 0 Å². The number of anilines is 2. The van der Waals surface area contributed by atoms with Gasteiger partial charge < -0.3 is 24.9 Å². The Hall–Kier alpha value is -2.96. The molecule has 1 aromatic carbocycles. The van der Waals surface area contributed by atoms with Gasteiger partial charge in [-0.05, 0) is 63.1 Å². The summed E-state index contributed by atoms with van der Waals surface area (Å²) < 4.78 is 5.15. The highest BCUT2D eigenvalue weighted by Gasteiger charge is 2.21. The predicted molar refractivity (Wildman–Crippen MR) is 116 cm³/mol. The van der Waals surface area contributed by atoms with Crippen LogP contribution in [0.2, 0.25) is 0 Å². The highest BCUT2D eigenvalue weighted by atomic mass is 16.3. The average molecular weight is 401 g/mol. The van der Waals surface area contributed by atoms with Crippen molar-refractivity contribution in [2.24, 2.45) is 0 Å². The second-order valence-electron chi connectivity index (χ2n) is 8.27. The van der Waals surface area contributed by atoms with E-state index in [0.717, 1.165) is 17.7 Å². The summed E-state index contributed by atoms with van der Waals surface area (Å²) in [7, 11) is 3.92. The number of carbonyl (C=O) groups is 2. The Morgan fingerprint density at radius 3 is 2.41 bits per heavy atom. The zero-order valence-electron chi connectivity index (χ0n) is 18.2. The van der Waals surface area contributed by atoms with Crippen LogP contribution in [0.25, 0.3) is 0 Å². The normalized spacial score (nSPS) is 11.1. The van der Waals surface area contributed by atoms with Crippen molar-refractivity contribution < 1.29 is 14.0 Å². The van der Waals surface area contributed by atoms with Crippen LogP contribution in [0.5, 0.6) is 0 Å². The summed E-state index contributed by atoms with van der Waals surface area (Å²) in [5, 5.41) is 5.88. The third-order valence-corrected chi connectivity index (χ3v) is 4.19. The second kappa shape index (κ2) is 9.49. The van der Waals surface area contributed by atoms with Crippen molar-refractivity contribution in [2.75, 3.05) is 30.9 Å². The standard InChI is InChI=1S/C22H32N4O3/c1-7-12-26(21(28)24-22(2,3)4)15-16-14-17(10-11-18(16)25(5)6)23-20(27)19-9-8-13-29-19/h8-11,13-14H,7,12,15H2,1-6H3,(H,23,27)(H,24,28). The molecule has 0 saturated heterocycles. The molecule has 2 aromatic rings. The van der Waals surface area contributed by atoms with E-state index in [4.69, 9.17) is 4.42 Å². The lowest BCUT2D eigenvalue weighted by Gasteiger charge is -2.30. The molecule has 0 aliphatic heterocycles. The van der Waals surface area contributed by atoms with Crippen LogP contribution in [0.15, 0.2) is 41.0 Å². The molecule has 1 heterocycles. The van der Waals surface area contributed by atoms with Crippen molar-refractivity contribution in [3.8, 4) is 0 Å². The van der Waals surface area contributed by atoms with Crippen molar-refractivity contribution in [2.45, 2.75) is 46.2 Å². The summed E-state index contributed by atoms with van der Waals surface area (Å²) in [4.78, 5) is 28.9. The van der Waals surface area contributed by atoms with E-state index in [9.17, 15) is 9.59 Å². The zero-order valence-corrected chi connectivity index (χ0v) is 18.2. The molecule has 29 heavy (non-hydrogen) atoms. The summed E-state index contributed by atoms with van der Waals surface area (Å²) in [5.74, 6) is -0.0603. The quantitative estimate of drug-likeness (QED) is 0.726. The monoisotopic (exact) mass is 400 g/mol. The largest absolute Gasteiger partial charge is 0.459 e. The highest BCUT2D eigenvalue weighted by molar-refractivity contribution is 6.02. The van der Waals surface area contributed by atoms with Crippen LogP contribution in [0.4, 0.5) is 16.2 Å². The molecule has 0 atom stereocenters. The number of furan rings is 1. The van der Waals surface area contributed by atoms with E-state index < -0.39 is 0 Å². The van der Waals surface area contributed by atoms with Crippen LogP contribution >= 0.6 is 0 Å². The molecule has 0 unspecified atom stereocenters. The van der Waals surface area contributed by atoms with Crippen LogP contribution in [0.1, 0.15) is 50.2 Å². The Labute approximate surface area is 173 Å². The highest BCUT2D eigenvalue weighted by Crippen LogP contribution is 2.25. The van der Waals surface area contributed by atoms with E-state index in [2.05, 4.69) is 10.6 Å². The Morgan fingerprint density at radius 2 is 1.86 bits per heavy atom. The molecule has 2 N–H and O–H groups in total. The van der Waals surface area contributed by atoms with Crippen molar-refractivity contribution in [3.63, 3.8) is 0 Å². The number of rotatable bonds is 7. The molecule has 0 aliphatic carbocycles. The number of amides is 3. The summed E-state index contributed by atoms with van der Waals surface area (Å²) in [6.07, 6.45) is 2.32. The first-order valence-corrected chi connectivity index (χ1v) is 9.83.